The fourth-order valence-corrected chi connectivity index (χ4v) is 6.63. The number of thiazole rings is 1. The van der Waals surface area contributed by atoms with Gasteiger partial charge in [0.25, 0.3) is 11.8 Å². The lowest BCUT2D eigenvalue weighted by Crippen LogP contribution is -2.30. The van der Waals surface area contributed by atoms with Crippen LogP contribution in [0.3, 0.4) is 0 Å². The van der Waals surface area contributed by atoms with Gasteiger partial charge in [0.15, 0.2) is 16.6 Å². The lowest BCUT2D eigenvalue weighted by molar-refractivity contribution is -0.114. The molecular weight excluding hydrogens is 693 g/mol. The Kier molecular flexibility index (Phi) is 11.8. The molecule has 0 aliphatic rings. The summed E-state index contributed by atoms with van der Waals surface area (Å²) in [5.74, 6) is 0.207. The fourth-order valence-electron chi connectivity index (χ4n) is 5.14. The molecule has 0 saturated heterocycles. The van der Waals surface area contributed by atoms with Crippen LogP contribution in [0, 0.1) is 0 Å². The summed E-state index contributed by atoms with van der Waals surface area (Å²) in [5, 5.41) is 10.9. The summed E-state index contributed by atoms with van der Waals surface area (Å²) in [6, 6.07) is 39.1. The Morgan fingerprint density at radius 2 is 1.42 bits per heavy atom. The molecule has 11 heteroatoms. The van der Waals surface area contributed by atoms with E-state index in [0.29, 0.717) is 33.6 Å². The average molecular weight is 727 g/mol. The molecule has 0 bridgehead atoms. The summed E-state index contributed by atoms with van der Waals surface area (Å²) in [5.41, 5.74) is 5.40. The third-order valence-electron chi connectivity index (χ3n) is 7.75. The number of hydrogen-bond donors (Lipinski definition) is 3. The number of rotatable bonds is 13. The van der Waals surface area contributed by atoms with Gasteiger partial charge in [-0.25, -0.2) is 4.98 Å². The quantitative estimate of drug-likeness (QED) is 0.0806. The highest BCUT2D eigenvalue weighted by Gasteiger charge is 2.16. The molecule has 1 aromatic heterocycles. The molecule has 52 heavy (non-hydrogen) atoms. The zero-order valence-corrected chi connectivity index (χ0v) is 29.9. The number of hydrogen-bond acceptors (Lipinski definition) is 8. The largest absolute Gasteiger partial charge is 0.493 e. The minimum Gasteiger partial charge on any atom is -0.493 e. The summed E-state index contributed by atoms with van der Waals surface area (Å²) in [6.07, 6.45) is 1.64. The van der Waals surface area contributed by atoms with E-state index in [-0.39, 0.29) is 17.4 Å². The number of thioether (sulfide) groups is 1. The molecular formula is C41H34N4O5S2. The standard InChI is InChI=1S/C41H34N4O5S2/c1-49-36-21-20-31(23-37(36)50-2)35-25-52-41(44-35)45-38(46)26-51-33-15-9-14-32(24-33)42-40(48)34(43-39(47)30-12-7-4-8-13-30)22-27-16-18-29(19-17-27)28-10-5-3-6-11-28/h3-25H,26H2,1-2H3,(H,42,48)(H,43,47)(H,44,45,46)/b34-22+. The smallest absolute Gasteiger partial charge is 0.272 e. The summed E-state index contributed by atoms with van der Waals surface area (Å²) in [4.78, 5) is 44.9. The topological polar surface area (TPSA) is 119 Å². The highest BCUT2D eigenvalue weighted by atomic mass is 32.2. The third kappa shape index (κ3) is 9.33. The molecule has 6 aromatic rings. The van der Waals surface area contributed by atoms with Gasteiger partial charge in [0.05, 0.1) is 25.7 Å². The molecule has 0 aliphatic heterocycles. The Hall–Kier alpha value is -6.17. The summed E-state index contributed by atoms with van der Waals surface area (Å²) in [6.45, 7) is 0. The Morgan fingerprint density at radius 3 is 2.15 bits per heavy atom. The molecule has 0 saturated carbocycles. The van der Waals surface area contributed by atoms with Gasteiger partial charge < -0.3 is 25.4 Å². The molecule has 0 spiro atoms. The van der Waals surface area contributed by atoms with Crippen LogP contribution < -0.4 is 25.4 Å². The third-order valence-corrected chi connectivity index (χ3v) is 9.50. The summed E-state index contributed by atoms with van der Waals surface area (Å²) < 4.78 is 10.7. The molecule has 6 rings (SSSR count). The molecule has 0 unspecified atom stereocenters. The summed E-state index contributed by atoms with van der Waals surface area (Å²) >= 11 is 2.64. The zero-order valence-electron chi connectivity index (χ0n) is 28.3. The molecule has 5 aromatic carbocycles. The van der Waals surface area contributed by atoms with Crippen molar-refractivity contribution < 1.29 is 23.9 Å². The molecule has 0 atom stereocenters. The van der Waals surface area contributed by atoms with Crippen LogP contribution in [0.2, 0.25) is 0 Å². The van der Waals surface area contributed by atoms with Gasteiger partial charge in [-0.2, -0.15) is 0 Å². The Bertz CT molecular complexity index is 2200. The normalized spacial score (nSPS) is 11.0. The van der Waals surface area contributed by atoms with Gasteiger partial charge in [-0.05, 0) is 71.3 Å². The summed E-state index contributed by atoms with van der Waals surface area (Å²) in [7, 11) is 3.15. The molecule has 9 nitrogen and oxygen atoms in total. The minimum atomic E-state index is -0.495. The second-order valence-corrected chi connectivity index (χ2v) is 13.2. The van der Waals surface area contributed by atoms with E-state index in [2.05, 4.69) is 20.9 Å². The van der Waals surface area contributed by atoms with E-state index >= 15 is 0 Å². The predicted molar refractivity (Wildman–Crippen MR) is 209 cm³/mol. The van der Waals surface area contributed by atoms with E-state index in [9.17, 15) is 14.4 Å². The van der Waals surface area contributed by atoms with E-state index in [1.807, 2.05) is 90.3 Å². The number of amides is 3. The first-order valence-corrected chi connectivity index (χ1v) is 18.0. The predicted octanol–water partition coefficient (Wildman–Crippen LogP) is 8.63. The van der Waals surface area contributed by atoms with Gasteiger partial charge in [0, 0.05) is 27.1 Å². The first-order chi connectivity index (χ1) is 25.4. The Labute approximate surface area is 309 Å². The molecule has 1 heterocycles. The molecule has 3 N–H and O–H groups in total. The van der Waals surface area contributed by atoms with E-state index in [4.69, 9.17) is 9.47 Å². The highest BCUT2D eigenvalue weighted by Crippen LogP contribution is 2.33. The highest BCUT2D eigenvalue weighted by molar-refractivity contribution is 8.00. The maximum atomic E-state index is 13.6. The van der Waals surface area contributed by atoms with Crippen molar-refractivity contribution in [1.29, 1.82) is 0 Å². The molecule has 260 valence electrons. The van der Waals surface area contributed by atoms with Crippen molar-refractivity contribution in [2.75, 3.05) is 30.6 Å². The van der Waals surface area contributed by atoms with Gasteiger partial charge in [-0.3, -0.25) is 14.4 Å². The van der Waals surface area contributed by atoms with Crippen molar-refractivity contribution >= 4 is 57.7 Å². The number of nitrogens with zero attached hydrogens (tertiary/aromatic N) is 1. The average Bonchev–Trinajstić information content (AvgIpc) is 3.66. The van der Waals surface area contributed by atoms with Crippen molar-refractivity contribution in [3.05, 3.63) is 150 Å². The lowest BCUT2D eigenvalue weighted by Gasteiger charge is -2.12. The van der Waals surface area contributed by atoms with Gasteiger partial charge >= 0.3 is 0 Å². The zero-order chi connectivity index (χ0) is 36.3. The minimum absolute atomic E-state index is 0.0784. The maximum Gasteiger partial charge on any atom is 0.272 e. The number of methoxy groups -OCH3 is 2. The number of aromatic nitrogens is 1. The van der Waals surface area contributed by atoms with Crippen LogP contribution >= 0.6 is 23.1 Å². The number of ether oxygens (including phenoxy) is 2. The molecule has 0 radical (unpaired) electrons. The first-order valence-electron chi connectivity index (χ1n) is 16.1. The van der Waals surface area contributed by atoms with Crippen LogP contribution in [0.1, 0.15) is 15.9 Å². The van der Waals surface area contributed by atoms with Crippen molar-refractivity contribution in [3.63, 3.8) is 0 Å². The SMILES string of the molecule is COc1ccc(-c2csc(NC(=O)CSc3cccc(NC(=O)/C(=C\c4ccc(-c5ccccc5)cc4)NC(=O)c4ccccc4)c3)n2)cc1OC. The molecule has 0 aliphatic carbocycles. The van der Waals surface area contributed by atoms with Crippen LogP contribution in [-0.2, 0) is 9.59 Å². The van der Waals surface area contributed by atoms with Crippen LogP contribution in [0.4, 0.5) is 10.8 Å². The second-order valence-electron chi connectivity index (χ2n) is 11.3. The van der Waals surface area contributed by atoms with Gasteiger partial charge in [-0.1, -0.05) is 78.9 Å². The fraction of sp³-hybridized carbons (Fsp3) is 0.0732. The van der Waals surface area contributed by atoms with E-state index in [0.717, 1.165) is 27.1 Å². The van der Waals surface area contributed by atoms with Gasteiger partial charge in [-0.15, -0.1) is 23.1 Å². The van der Waals surface area contributed by atoms with E-state index in [1.165, 1.54) is 23.1 Å². The monoisotopic (exact) mass is 726 g/mol. The van der Waals surface area contributed by atoms with Gasteiger partial charge in [0.1, 0.15) is 5.70 Å². The number of carbonyl (C=O) groups excluding carboxylic acids is 3. The molecule has 0 fully saturated rings. The maximum absolute atomic E-state index is 13.6. The van der Waals surface area contributed by atoms with Crippen molar-refractivity contribution in [2.24, 2.45) is 0 Å². The second kappa shape index (κ2) is 17.2. The van der Waals surface area contributed by atoms with Crippen molar-refractivity contribution in [2.45, 2.75) is 4.90 Å². The Balaban J connectivity index is 1.11. The first kappa shape index (κ1) is 35.6. The number of nitrogens with one attached hydrogen (secondary N) is 3. The lowest BCUT2D eigenvalue weighted by atomic mass is 10.0. The van der Waals surface area contributed by atoms with Gasteiger partial charge in [0.2, 0.25) is 5.91 Å². The molecule has 3 amide bonds. The van der Waals surface area contributed by atoms with E-state index in [1.54, 1.807) is 62.8 Å². The number of benzene rings is 5. The number of anilines is 2. The van der Waals surface area contributed by atoms with E-state index < -0.39 is 11.8 Å². The van der Waals surface area contributed by atoms with Crippen molar-refractivity contribution in [3.8, 4) is 33.9 Å². The number of carbonyl (C=O) groups is 3. The van der Waals surface area contributed by atoms with Crippen LogP contribution in [0.25, 0.3) is 28.5 Å². The Morgan fingerprint density at radius 1 is 0.731 bits per heavy atom. The van der Waals surface area contributed by atoms with Crippen LogP contribution in [-0.4, -0.2) is 42.7 Å². The van der Waals surface area contributed by atoms with Crippen molar-refractivity contribution in [1.82, 2.24) is 10.3 Å². The van der Waals surface area contributed by atoms with Crippen LogP contribution in [0.15, 0.2) is 143 Å². The van der Waals surface area contributed by atoms with Crippen LogP contribution in [0.5, 0.6) is 11.5 Å².